The van der Waals surface area contributed by atoms with Gasteiger partial charge >= 0.3 is 0 Å². The van der Waals surface area contributed by atoms with E-state index in [2.05, 4.69) is 17.4 Å². The van der Waals surface area contributed by atoms with E-state index < -0.39 is 5.41 Å². The van der Waals surface area contributed by atoms with Gasteiger partial charge in [0, 0.05) is 25.2 Å². The molecule has 2 aromatic rings. The number of carbonyl (C=O) groups excluding carboxylic acids is 1. The minimum absolute atomic E-state index is 0.00290. The molecule has 1 atom stereocenters. The number of ether oxygens (including phenoxy) is 1. The summed E-state index contributed by atoms with van der Waals surface area (Å²) in [6, 6.07) is 20.0. The van der Waals surface area contributed by atoms with Crippen LogP contribution in [0.3, 0.4) is 0 Å². The number of aliphatic hydroxyl groups is 1. The second-order valence-electron chi connectivity index (χ2n) is 7.81. The van der Waals surface area contributed by atoms with Gasteiger partial charge in [-0.15, -0.1) is 0 Å². The largest absolute Gasteiger partial charge is 0.396 e. The number of carbonyl (C=O) groups is 1. The Labute approximate surface area is 161 Å². The summed E-state index contributed by atoms with van der Waals surface area (Å²) < 4.78 is 5.43. The van der Waals surface area contributed by atoms with Crippen LogP contribution >= 0.6 is 0 Å². The third-order valence-electron chi connectivity index (χ3n) is 5.83. The molecule has 2 N–H and O–H groups in total. The molecule has 0 bridgehead atoms. The third-order valence-corrected chi connectivity index (χ3v) is 5.83. The molecule has 4 nitrogen and oxygen atoms in total. The van der Waals surface area contributed by atoms with Crippen LogP contribution in [0, 0.1) is 5.41 Å². The van der Waals surface area contributed by atoms with E-state index in [1.165, 1.54) is 0 Å². The Balaban J connectivity index is 1.80. The highest BCUT2D eigenvalue weighted by Crippen LogP contribution is 2.32. The molecular weight excluding hydrogens is 338 g/mol. The number of benzene rings is 2. The smallest absolute Gasteiger partial charge is 0.230 e. The molecular formula is C23H29NO3. The van der Waals surface area contributed by atoms with E-state index in [9.17, 15) is 9.90 Å². The fourth-order valence-corrected chi connectivity index (χ4v) is 3.78. The number of amides is 1. The van der Waals surface area contributed by atoms with Crippen molar-refractivity contribution < 1.29 is 14.6 Å². The second-order valence-corrected chi connectivity index (χ2v) is 7.81. The Morgan fingerprint density at radius 3 is 2.26 bits per heavy atom. The van der Waals surface area contributed by atoms with E-state index >= 15 is 0 Å². The van der Waals surface area contributed by atoms with Gasteiger partial charge in [0.05, 0.1) is 12.0 Å². The molecule has 0 saturated carbocycles. The predicted molar refractivity (Wildman–Crippen MR) is 107 cm³/mol. The van der Waals surface area contributed by atoms with Crippen molar-refractivity contribution in [2.75, 3.05) is 26.4 Å². The van der Waals surface area contributed by atoms with Gasteiger partial charge in [0.2, 0.25) is 5.91 Å². The maximum Gasteiger partial charge on any atom is 0.230 e. The van der Waals surface area contributed by atoms with Gasteiger partial charge in [0.25, 0.3) is 0 Å². The Morgan fingerprint density at radius 2 is 1.67 bits per heavy atom. The van der Waals surface area contributed by atoms with E-state index in [-0.39, 0.29) is 17.9 Å². The van der Waals surface area contributed by atoms with E-state index in [1.54, 1.807) is 0 Å². The summed E-state index contributed by atoms with van der Waals surface area (Å²) in [6.45, 7) is 3.81. The predicted octanol–water partition coefficient (Wildman–Crippen LogP) is 3.09. The van der Waals surface area contributed by atoms with Crippen molar-refractivity contribution >= 4 is 5.91 Å². The van der Waals surface area contributed by atoms with Crippen molar-refractivity contribution in [3.8, 4) is 0 Å². The lowest BCUT2D eigenvalue weighted by molar-refractivity contribution is -0.127. The SMILES string of the molecule is CC(Cc1ccccc1)(C(=O)NCC1(CO)CCOCC1)c1ccccc1. The molecule has 2 aromatic carbocycles. The normalized spacial score (nSPS) is 18.4. The van der Waals surface area contributed by atoms with Gasteiger partial charge in [-0.25, -0.2) is 0 Å². The van der Waals surface area contributed by atoms with Crippen molar-refractivity contribution in [1.29, 1.82) is 0 Å². The molecule has 3 rings (SSSR count). The molecule has 1 unspecified atom stereocenters. The maximum absolute atomic E-state index is 13.3. The van der Waals surface area contributed by atoms with Crippen LogP contribution in [0.1, 0.15) is 30.9 Å². The first-order valence-corrected chi connectivity index (χ1v) is 9.64. The van der Waals surface area contributed by atoms with Gasteiger partial charge < -0.3 is 15.2 Å². The number of nitrogens with one attached hydrogen (secondary N) is 1. The molecule has 0 radical (unpaired) electrons. The summed E-state index contributed by atoms with van der Waals surface area (Å²) >= 11 is 0. The van der Waals surface area contributed by atoms with Gasteiger partial charge in [0.15, 0.2) is 0 Å². The van der Waals surface area contributed by atoms with Crippen molar-refractivity contribution in [2.24, 2.45) is 5.41 Å². The summed E-state index contributed by atoms with van der Waals surface area (Å²) in [5.41, 5.74) is 1.17. The van der Waals surface area contributed by atoms with E-state index in [1.807, 2.05) is 55.5 Å². The van der Waals surface area contributed by atoms with Crippen LogP contribution in [0.4, 0.5) is 0 Å². The van der Waals surface area contributed by atoms with Gasteiger partial charge in [-0.2, -0.15) is 0 Å². The molecule has 0 aromatic heterocycles. The van der Waals surface area contributed by atoms with Crippen LogP contribution in [0.15, 0.2) is 60.7 Å². The summed E-state index contributed by atoms with van der Waals surface area (Å²) in [4.78, 5) is 13.3. The number of hydrogen-bond acceptors (Lipinski definition) is 3. The van der Waals surface area contributed by atoms with E-state index in [0.717, 1.165) is 24.0 Å². The highest BCUT2D eigenvalue weighted by atomic mass is 16.5. The summed E-state index contributed by atoms with van der Waals surface area (Å²) in [5.74, 6) is -0.00290. The monoisotopic (exact) mass is 367 g/mol. The van der Waals surface area contributed by atoms with Crippen molar-refractivity contribution in [3.63, 3.8) is 0 Å². The lowest BCUT2D eigenvalue weighted by Crippen LogP contribution is -2.50. The molecule has 1 amide bonds. The average molecular weight is 367 g/mol. The molecule has 1 saturated heterocycles. The zero-order chi connectivity index (χ0) is 19.2. The molecule has 1 heterocycles. The van der Waals surface area contributed by atoms with Crippen molar-refractivity contribution in [3.05, 3.63) is 71.8 Å². The zero-order valence-corrected chi connectivity index (χ0v) is 16.0. The van der Waals surface area contributed by atoms with Crippen LogP contribution in [0.25, 0.3) is 0 Å². The van der Waals surface area contributed by atoms with Crippen LogP contribution in [0.2, 0.25) is 0 Å². The molecule has 0 spiro atoms. The molecule has 27 heavy (non-hydrogen) atoms. The fraction of sp³-hybridized carbons (Fsp3) is 0.435. The highest BCUT2D eigenvalue weighted by molar-refractivity contribution is 5.88. The van der Waals surface area contributed by atoms with Gasteiger partial charge in [-0.1, -0.05) is 60.7 Å². The Morgan fingerprint density at radius 1 is 1.07 bits per heavy atom. The summed E-state index contributed by atoms with van der Waals surface area (Å²) in [7, 11) is 0. The topological polar surface area (TPSA) is 58.6 Å². The Kier molecular flexibility index (Phi) is 6.30. The number of aliphatic hydroxyl groups excluding tert-OH is 1. The van der Waals surface area contributed by atoms with Crippen LogP contribution in [0.5, 0.6) is 0 Å². The van der Waals surface area contributed by atoms with Crippen LogP contribution < -0.4 is 5.32 Å². The molecule has 1 fully saturated rings. The van der Waals surface area contributed by atoms with Crippen molar-refractivity contribution in [2.45, 2.75) is 31.6 Å². The maximum atomic E-state index is 13.3. The molecule has 144 valence electrons. The van der Waals surface area contributed by atoms with E-state index in [4.69, 9.17) is 4.74 Å². The van der Waals surface area contributed by atoms with Gasteiger partial charge in [0.1, 0.15) is 0 Å². The number of hydrogen-bond donors (Lipinski definition) is 2. The fourth-order valence-electron chi connectivity index (χ4n) is 3.78. The minimum Gasteiger partial charge on any atom is -0.396 e. The Hall–Kier alpha value is -2.17. The first-order chi connectivity index (χ1) is 13.1. The van der Waals surface area contributed by atoms with Crippen molar-refractivity contribution in [1.82, 2.24) is 5.32 Å². The number of rotatable bonds is 7. The highest BCUT2D eigenvalue weighted by Gasteiger charge is 2.38. The third kappa shape index (κ3) is 4.57. The molecule has 0 aliphatic carbocycles. The lowest BCUT2D eigenvalue weighted by Gasteiger charge is -2.37. The second kappa shape index (κ2) is 8.68. The quantitative estimate of drug-likeness (QED) is 0.791. The first kappa shape index (κ1) is 19.6. The zero-order valence-electron chi connectivity index (χ0n) is 16.0. The van der Waals surface area contributed by atoms with Crippen LogP contribution in [-0.4, -0.2) is 37.4 Å². The molecule has 1 aliphatic rings. The minimum atomic E-state index is -0.676. The Bertz CT molecular complexity index is 726. The summed E-state index contributed by atoms with van der Waals surface area (Å²) in [5, 5.41) is 13.1. The molecule has 4 heteroatoms. The van der Waals surface area contributed by atoms with E-state index in [0.29, 0.717) is 26.2 Å². The standard InChI is InChI=1S/C23H29NO3/c1-22(20-10-6-3-7-11-20,16-19-8-4-2-5-9-19)21(26)24-17-23(18-25)12-14-27-15-13-23/h2-11,25H,12-18H2,1H3,(H,24,26). The summed E-state index contributed by atoms with van der Waals surface area (Å²) in [6.07, 6.45) is 2.16. The van der Waals surface area contributed by atoms with Gasteiger partial charge in [-0.3, -0.25) is 4.79 Å². The van der Waals surface area contributed by atoms with Crippen LogP contribution in [-0.2, 0) is 21.4 Å². The first-order valence-electron chi connectivity index (χ1n) is 9.64. The van der Waals surface area contributed by atoms with Gasteiger partial charge in [-0.05, 0) is 37.3 Å². The lowest BCUT2D eigenvalue weighted by atomic mass is 9.75. The average Bonchev–Trinajstić information content (AvgIpc) is 2.74. The molecule has 1 aliphatic heterocycles.